The first-order chi connectivity index (χ1) is 18.2. The topological polar surface area (TPSA) is 92.3 Å². The SMILES string of the molecule is CC1(C)CCC2(CC1)N[C@@H](C(=O)N[C@@H]1CCCOC1)[C@H](c1ccnc(Cl)c1)[C@]21C(=O)Nc2cc(Cl)ccc21. The molecule has 2 saturated heterocycles. The number of nitrogens with zero attached hydrogens (tertiary/aromatic N) is 1. The maximum atomic E-state index is 14.4. The van der Waals surface area contributed by atoms with Crippen molar-refractivity contribution in [2.75, 3.05) is 18.5 Å². The van der Waals surface area contributed by atoms with E-state index < -0.39 is 22.9 Å². The first-order valence-electron chi connectivity index (χ1n) is 13.5. The molecule has 4 aliphatic rings. The number of amides is 2. The molecule has 4 heterocycles. The molecule has 6 rings (SSSR count). The Kier molecular flexibility index (Phi) is 6.50. The molecule has 3 fully saturated rings. The molecule has 4 atom stereocenters. The van der Waals surface area contributed by atoms with Crippen LogP contribution in [0.1, 0.15) is 69.4 Å². The highest BCUT2D eigenvalue weighted by atomic mass is 35.5. The second-order valence-corrected chi connectivity index (χ2v) is 13.0. The first-order valence-corrected chi connectivity index (χ1v) is 14.3. The smallest absolute Gasteiger partial charge is 0.238 e. The molecular formula is C29H34Cl2N4O3. The lowest BCUT2D eigenvalue weighted by molar-refractivity contribution is -0.125. The molecule has 0 radical (unpaired) electrons. The summed E-state index contributed by atoms with van der Waals surface area (Å²) in [4.78, 5) is 32.7. The second-order valence-electron chi connectivity index (χ2n) is 12.1. The average Bonchev–Trinajstić information content (AvgIpc) is 3.34. The number of aromatic nitrogens is 1. The molecule has 1 aliphatic carbocycles. The summed E-state index contributed by atoms with van der Waals surface area (Å²) in [6.07, 6.45) is 6.84. The molecule has 1 saturated carbocycles. The van der Waals surface area contributed by atoms with Gasteiger partial charge in [0, 0.05) is 35.0 Å². The number of benzene rings is 1. The predicted molar refractivity (Wildman–Crippen MR) is 148 cm³/mol. The number of hydrogen-bond donors (Lipinski definition) is 3. The maximum absolute atomic E-state index is 14.4. The Balaban J connectivity index is 1.54. The summed E-state index contributed by atoms with van der Waals surface area (Å²) in [5.41, 5.74) is 0.906. The normalized spacial score (nSPS) is 31.3. The highest BCUT2D eigenvalue weighted by Crippen LogP contribution is 2.63. The minimum absolute atomic E-state index is 0.0546. The van der Waals surface area contributed by atoms with E-state index in [1.807, 2.05) is 24.3 Å². The van der Waals surface area contributed by atoms with Crippen molar-refractivity contribution >= 4 is 40.7 Å². The molecule has 1 aromatic carbocycles. The predicted octanol–water partition coefficient (Wildman–Crippen LogP) is 4.97. The van der Waals surface area contributed by atoms with Gasteiger partial charge in [0.25, 0.3) is 0 Å². The van der Waals surface area contributed by atoms with Gasteiger partial charge in [0.1, 0.15) is 10.6 Å². The number of carbonyl (C=O) groups is 2. The van der Waals surface area contributed by atoms with Crippen molar-refractivity contribution in [3.05, 3.63) is 57.8 Å². The summed E-state index contributed by atoms with van der Waals surface area (Å²) in [6.45, 7) is 5.76. The third kappa shape index (κ3) is 4.05. The van der Waals surface area contributed by atoms with E-state index in [4.69, 9.17) is 27.9 Å². The van der Waals surface area contributed by atoms with Crippen LogP contribution in [-0.2, 0) is 19.7 Å². The lowest BCUT2D eigenvalue weighted by Crippen LogP contribution is -2.61. The molecule has 2 spiro atoms. The molecule has 2 aromatic rings. The third-order valence-corrected chi connectivity index (χ3v) is 9.80. The van der Waals surface area contributed by atoms with Crippen molar-refractivity contribution in [2.24, 2.45) is 5.41 Å². The largest absolute Gasteiger partial charge is 0.379 e. The molecule has 7 nitrogen and oxygen atoms in total. The van der Waals surface area contributed by atoms with Gasteiger partial charge in [-0.3, -0.25) is 14.9 Å². The molecule has 0 bridgehead atoms. The molecule has 2 amide bonds. The van der Waals surface area contributed by atoms with Gasteiger partial charge in [-0.2, -0.15) is 0 Å². The van der Waals surface area contributed by atoms with E-state index in [1.165, 1.54) is 0 Å². The Morgan fingerprint density at radius 1 is 1.13 bits per heavy atom. The average molecular weight is 558 g/mol. The van der Waals surface area contributed by atoms with Crippen molar-refractivity contribution in [1.82, 2.24) is 15.6 Å². The number of hydrogen-bond acceptors (Lipinski definition) is 5. The van der Waals surface area contributed by atoms with Crippen molar-refractivity contribution in [3.8, 4) is 0 Å². The van der Waals surface area contributed by atoms with Gasteiger partial charge in [-0.05, 0) is 79.3 Å². The Bertz CT molecular complexity index is 1270. The lowest BCUT2D eigenvalue weighted by atomic mass is 9.53. The summed E-state index contributed by atoms with van der Waals surface area (Å²) in [5.74, 6) is -0.720. The van der Waals surface area contributed by atoms with E-state index >= 15 is 0 Å². The highest BCUT2D eigenvalue weighted by molar-refractivity contribution is 6.31. The lowest BCUT2D eigenvalue weighted by Gasteiger charge is -2.50. The summed E-state index contributed by atoms with van der Waals surface area (Å²) >= 11 is 12.8. The second kappa shape index (κ2) is 9.47. The van der Waals surface area contributed by atoms with Crippen LogP contribution < -0.4 is 16.0 Å². The molecule has 1 aromatic heterocycles. The zero-order valence-corrected chi connectivity index (χ0v) is 23.3. The summed E-state index contributed by atoms with van der Waals surface area (Å²) in [7, 11) is 0. The fourth-order valence-corrected chi connectivity index (χ4v) is 7.80. The van der Waals surface area contributed by atoms with E-state index in [9.17, 15) is 9.59 Å². The van der Waals surface area contributed by atoms with Crippen molar-refractivity contribution in [1.29, 1.82) is 0 Å². The van der Waals surface area contributed by atoms with E-state index in [-0.39, 0.29) is 23.3 Å². The van der Waals surface area contributed by atoms with E-state index in [1.54, 1.807) is 12.3 Å². The molecule has 3 N–H and O–H groups in total. The molecular weight excluding hydrogens is 523 g/mol. The van der Waals surface area contributed by atoms with Crippen LogP contribution in [-0.4, -0.2) is 47.6 Å². The monoisotopic (exact) mass is 556 g/mol. The summed E-state index contributed by atoms with van der Waals surface area (Å²) < 4.78 is 5.64. The molecule has 202 valence electrons. The van der Waals surface area contributed by atoms with Gasteiger partial charge >= 0.3 is 0 Å². The Labute approximate surface area is 233 Å². The number of anilines is 1. The van der Waals surface area contributed by atoms with E-state index in [2.05, 4.69) is 34.8 Å². The van der Waals surface area contributed by atoms with E-state index in [0.717, 1.165) is 49.7 Å². The van der Waals surface area contributed by atoms with Crippen LogP contribution >= 0.6 is 23.2 Å². The van der Waals surface area contributed by atoms with Gasteiger partial charge in [-0.1, -0.05) is 43.1 Å². The van der Waals surface area contributed by atoms with Crippen LogP contribution in [0, 0.1) is 5.41 Å². The van der Waals surface area contributed by atoms with E-state index in [0.29, 0.717) is 29.1 Å². The Morgan fingerprint density at radius 2 is 1.92 bits per heavy atom. The van der Waals surface area contributed by atoms with Crippen molar-refractivity contribution < 1.29 is 14.3 Å². The van der Waals surface area contributed by atoms with Gasteiger partial charge in [0.05, 0.1) is 18.7 Å². The zero-order chi connectivity index (χ0) is 26.7. The van der Waals surface area contributed by atoms with Gasteiger partial charge in [0.2, 0.25) is 11.8 Å². The van der Waals surface area contributed by atoms with Gasteiger partial charge in [0.15, 0.2) is 0 Å². The third-order valence-electron chi connectivity index (χ3n) is 9.36. The van der Waals surface area contributed by atoms with Crippen LogP contribution in [0.5, 0.6) is 0 Å². The highest BCUT2D eigenvalue weighted by Gasteiger charge is 2.72. The molecule has 9 heteroatoms. The maximum Gasteiger partial charge on any atom is 0.238 e. The zero-order valence-electron chi connectivity index (χ0n) is 21.8. The fraction of sp³-hybridized carbons (Fsp3) is 0.552. The number of ether oxygens (including phenoxy) is 1. The minimum Gasteiger partial charge on any atom is -0.379 e. The van der Waals surface area contributed by atoms with Crippen molar-refractivity contribution in [3.63, 3.8) is 0 Å². The molecule has 38 heavy (non-hydrogen) atoms. The quantitative estimate of drug-likeness (QED) is 0.464. The number of carbonyl (C=O) groups excluding carboxylic acids is 2. The minimum atomic E-state index is -1.03. The van der Waals surface area contributed by atoms with Gasteiger partial charge < -0.3 is 15.4 Å². The van der Waals surface area contributed by atoms with Crippen LogP contribution in [0.3, 0.4) is 0 Å². The van der Waals surface area contributed by atoms with Crippen molar-refractivity contribution in [2.45, 2.75) is 81.3 Å². The number of pyridine rings is 1. The molecule has 3 aliphatic heterocycles. The van der Waals surface area contributed by atoms with Gasteiger partial charge in [-0.25, -0.2) is 4.98 Å². The van der Waals surface area contributed by atoms with Crippen LogP contribution in [0.15, 0.2) is 36.5 Å². The van der Waals surface area contributed by atoms with Crippen LogP contribution in [0.4, 0.5) is 5.69 Å². The first kappa shape index (κ1) is 26.1. The number of nitrogens with one attached hydrogen (secondary N) is 3. The summed E-state index contributed by atoms with van der Waals surface area (Å²) in [5, 5.41) is 11.1. The van der Waals surface area contributed by atoms with Crippen LogP contribution in [0.2, 0.25) is 10.2 Å². The number of rotatable bonds is 3. The number of fused-ring (bicyclic) bond motifs is 3. The Morgan fingerprint density at radius 3 is 2.63 bits per heavy atom. The van der Waals surface area contributed by atoms with Gasteiger partial charge in [-0.15, -0.1) is 0 Å². The molecule has 0 unspecified atom stereocenters. The summed E-state index contributed by atoms with van der Waals surface area (Å²) in [6, 6.07) is 8.59. The number of halogens is 2. The fourth-order valence-electron chi connectivity index (χ4n) is 7.44. The standard InChI is InChI=1S/C29H34Cl2N4O3/c1-27(2)8-10-28(11-9-27)29(20-6-5-18(30)15-21(20)34-26(29)37)23(17-7-12-32-22(31)14-17)24(35-28)25(36)33-19-4-3-13-38-16-19/h5-7,12,14-15,19,23-24,35H,3-4,8-11,13,16H2,1-2H3,(H,33,36)(H,34,37)/t19-,23+,24-,29-/m1/s1. The van der Waals surface area contributed by atoms with Crippen LogP contribution in [0.25, 0.3) is 0 Å². The Hall–Kier alpha value is -2.19.